The van der Waals surface area contributed by atoms with Crippen LogP contribution in [0, 0.1) is 6.92 Å². The largest absolute Gasteiger partial charge is 0.467 e. The van der Waals surface area contributed by atoms with Crippen molar-refractivity contribution in [2.45, 2.75) is 26.4 Å². The molecule has 27 heavy (non-hydrogen) atoms. The summed E-state index contributed by atoms with van der Waals surface area (Å²) in [7, 11) is 1.68. The van der Waals surface area contributed by atoms with Gasteiger partial charge in [-0.25, -0.2) is 0 Å². The fourth-order valence-corrected chi connectivity index (χ4v) is 2.76. The fourth-order valence-electron chi connectivity index (χ4n) is 2.45. The second kappa shape index (κ2) is 8.21. The average molecular weight is 435 g/mol. The fraction of sp³-hybridized carbons (Fsp3) is 0.294. The number of hydrogen-bond donors (Lipinski definition) is 2. The van der Waals surface area contributed by atoms with Gasteiger partial charge in [0.05, 0.1) is 28.7 Å². The number of carbonyl (C=O) groups is 2. The van der Waals surface area contributed by atoms with Crippen molar-refractivity contribution < 1.29 is 14.0 Å². The molecular weight excluding hydrogens is 416 g/mol. The van der Waals surface area contributed by atoms with E-state index < -0.39 is 5.91 Å². The summed E-state index contributed by atoms with van der Waals surface area (Å²) in [6.07, 6.45) is 5.16. The molecule has 3 aromatic heterocycles. The lowest BCUT2D eigenvalue weighted by Crippen LogP contribution is -2.25. The van der Waals surface area contributed by atoms with Crippen molar-refractivity contribution in [3.8, 4) is 0 Å². The Hall–Kier alpha value is -2.88. The first-order chi connectivity index (χ1) is 12.9. The van der Waals surface area contributed by atoms with Crippen molar-refractivity contribution in [1.82, 2.24) is 24.9 Å². The summed E-state index contributed by atoms with van der Waals surface area (Å²) in [6, 6.07) is 3.50. The summed E-state index contributed by atoms with van der Waals surface area (Å²) in [5.74, 6) is 0.00633. The first-order valence-corrected chi connectivity index (χ1v) is 9.05. The monoisotopic (exact) mass is 434 g/mol. The van der Waals surface area contributed by atoms with Crippen LogP contribution in [0.3, 0.4) is 0 Å². The average Bonchev–Trinajstić information content (AvgIpc) is 3.33. The zero-order valence-electron chi connectivity index (χ0n) is 14.9. The molecule has 3 aromatic rings. The Labute approximate surface area is 163 Å². The van der Waals surface area contributed by atoms with Crippen molar-refractivity contribution in [1.29, 1.82) is 0 Å². The summed E-state index contributed by atoms with van der Waals surface area (Å²) in [6.45, 7) is 2.55. The molecule has 0 aromatic carbocycles. The van der Waals surface area contributed by atoms with Crippen LogP contribution in [0.5, 0.6) is 0 Å². The van der Waals surface area contributed by atoms with E-state index in [1.807, 2.05) is 13.1 Å². The van der Waals surface area contributed by atoms with E-state index >= 15 is 0 Å². The number of rotatable bonds is 7. The number of furan rings is 1. The number of nitrogens with zero attached hydrogens (tertiary/aromatic N) is 4. The van der Waals surface area contributed by atoms with Gasteiger partial charge in [-0.05, 0) is 35.0 Å². The normalized spacial score (nSPS) is 10.8. The minimum absolute atomic E-state index is 0.148. The van der Waals surface area contributed by atoms with E-state index in [1.54, 1.807) is 30.1 Å². The van der Waals surface area contributed by atoms with Crippen LogP contribution in [0.15, 0.2) is 39.7 Å². The van der Waals surface area contributed by atoms with E-state index in [4.69, 9.17) is 4.42 Å². The van der Waals surface area contributed by atoms with Gasteiger partial charge in [0.1, 0.15) is 5.76 Å². The van der Waals surface area contributed by atoms with Gasteiger partial charge in [0.25, 0.3) is 5.91 Å². The number of hydrogen-bond acceptors (Lipinski definition) is 5. The summed E-state index contributed by atoms with van der Waals surface area (Å²) in [5, 5.41) is 13.9. The van der Waals surface area contributed by atoms with Gasteiger partial charge in [-0.2, -0.15) is 10.2 Å². The highest BCUT2D eigenvalue weighted by molar-refractivity contribution is 9.10. The zero-order valence-corrected chi connectivity index (χ0v) is 16.5. The molecular formula is C17H19BrN6O3. The van der Waals surface area contributed by atoms with Crippen LogP contribution >= 0.6 is 15.9 Å². The van der Waals surface area contributed by atoms with Gasteiger partial charge < -0.3 is 15.1 Å². The van der Waals surface area contributed by atoms with E-state index in [2.05, 4.69) is 36.8 Å². The molecule has 142 valence electrons. The Morgan fingerprint density at radius 2 is 2.11 bits per heavy atom. The molecule has 3 heterocycles. The topological polar surface area (TPSA) is 107 Å². The summed E-state index contributed by atoms with van der Waals surface area (Å²) in [4.78, 5) is 24.6. The maximum Gasteiger partial charge on any atom is 0.274 e. The quantitative estimate of drug-likeness (QED) is 0.592. The minimum Gasteiger partial charge on any atom is -0.467 e. The first kappa shape index (κ1) is 18.9. The molecule has 0 aliphatic carbocycles. The molecule has 0 bridgehead atoms. The summed E-state index contributed by atoms with van der Waals surface area (Å²) in [5.41, 5.74) is 1.37. The third-order valence-corrected chi connectivity index (χ3v) is 4.55. The molecule has 0 radical (unpaired) electrons. The Balaban J connectivity index is 1.59. The Kier molecular flexibility index (Phi) is 5.75. The minimum atomic E-state index is -0.395. The van der Waals surface area contributed by atoms with Crippen molar-refractivity contribution in [3.05, 3.63) is 52.4 Å². The Bertz CT molecular complexity index is 925. The van der Waals surface area contributed by atoms with Crippen molar-refractivity contribution >= 4 is 33.4 Å². The second-order valence-corrected chi connectivity index (χ2v) is 6.81. The molecule has 9 nitrogen and oxygen atoms in total. The highest BCUT2D eigenvalue weighted by Crippen LogP contribution is 2.15. The number of aromatic nitrogens is 4. The van der Waals surface area contributed by atoms with E-state index in [0.29, 0.717) is 18.0 Å². The SMILES string of the molecule is Cc1nn(CCC(=O)Nc2cn(C)nc2C(=O)NCc2ccco2)cc1Br. The number of nitrogens with one attached hydrogen (secondary N) is 2. The first-order valence-electron chi connectivity index (χ1n) is 8.26. The molecule has 2 amide bonds. The van der Waals surface area contributed by atoms with E-state index in [1.165, 1.54) is 10.9 Å². The lowest BCUT2D eigenvalue weighted by atomic mass is 10.3. The third-order valence-electron chi connectivity index (χ3n) is 3.78. The van der Waals surface area contributed by atoms with Crippen LogP contribution < -0.4 is 10.6 Å². The standard InChI is InChI=1S/C17H19BrN6O3/c1-11-13(18)9-24(21-11)6-5-15(25)20-14-10-23(2)22-16(14)17(26)19-8-12-4-3-7-27-12/h3-4,7,9-10H,5-6,8H2,1-2H3,(H,19,26)(H,20,25). The van der Waals surface area contributed by atoms with Gasteiger partial charge in [0.2, 0.25) is 5.91 Å². The molecule has 3 rings (SSSR count). The van der Waals surface area contributed by atoms with E-state index in [-0.39, 0.29) is 24.6 Å². The van der Waals surface area contributed by atoms with Crippen LogP contribution in [-0.2, 0) is 24.9 Å². The van der Waals surface area contributed by atoms with Crippen LogP contribution in [0.25, 0.3) is 0 Å². The molecule has 0 saturated carbocycles. The van der Waals surface area contributed by atoms with Gasteiger partial charge in [-0.15, -0.1) is 0 Å². The van der Waals surface area contributed by atoms with Crippen LogP contribution in [0.4, 0.5) is 5.69 Å². The molecule has 0 saturated heterocycles. The summed E-state index contributed by atoms with van der Waals surface area (Å²) < 4.78 is 9.25. The third kappa shape index (κ3) is 4.85. The molecule has 0 spiro atoms. The number of aryl methyl sites for hydroxylation is 3. The van der Waals surface area contributed by atoms with Crippen molar-refractivity contribution in [2.75, 3.05) is 5.32 Å². The zero-order chi connectivity index (χ0) is 19.4. The smallest absolute Gasteiger partial charge is 0.274 e. The number of carbonyl (C=O) groups excluding carboxylic acids is 2. The number of halogens is 1. The maximum absolute atomic E-state index is 12.4. The highest BCUT2D eigenvalue weighted by Gasteiger charge is 2.18. The van der Waals surface area contributed by atoms with Gasteiger partial charge in [0.15, 0.2) is 5.69 Å². The predicted octanol–water partition coefficient (Wildman–Crippen LogP) is 2.24. The van der Waals surface area contributed by atoms with Gasteiger partial charge in [-0.1, -0.05) is 0 Å². The molecule has 10 heteroatoms. The summed E-state index contributed by atoms with van der Waals surface area (Å²) >= 11 is 3.39. The molecule has 0 aliphatic heterocycles. The number of amides is 2. The Morgan fingerprint density at radius 3 is 2.78 bits per heavy atom. The van der Waals surface area contributed by atoms with Gasteiger partial charge in [-0.3, -0.25) is 19.0 Å². The van der Waals surface area contributed by atoms with E-state index in [0.717, 1.165) is 10.2 Å². The van der Waals surface area contributed by atoms with Crippen LogP contribution in [0.1, 0.15) is 28.4 Å². The van der Waals surface area contributed by atoms with Crippen molar-refractivity contribution in [2.24, 2.45) is 7.05 Å². The maximum atomic E-state index is 12.4. The molecule has 2 N–H and O–H groups in total. The predicted molar refractivity (Wildman–Crippen MR) is 101 cm³/mol. The van der Waals surface area contributed by atoms with Crippen LogP contribution in [-0.4, -0.2) is 31.4 Å². The van der Waals surface area contributed by atoms with Crippen LogP contribution in [0.2, 0.25) is 0 Å². The van der Waals surface area contributed by atoms with Gasteiger partial charge in [0, 0.05) is 32.4 Å². The highest BCUT2D eigenvalue weighted by atomic mass is 79.9. The lowest BCUT2D eigenvalue weighted by Gasteiger charge is -2.06. The number of anilines is 1. The molecule has 0 unspecified atom stereocenters. The second-order valence-electron chi connectivity index (χ2n) is 5.95. The van der Waals surface area contributed by atoms with Gasteiger partial charge >= 0.3 is 0 Å². The lowest BCUT2D eigenvalue weighted by molar-refractivity contribution is -0.116. The van der Waals surface area contributed by atoms with Crippen molar-refractivity contribution in [3.63, 3.8) is 0 Å². The molecule has 0 aliphatic rings. The molecule has 0 fully saturated rings. The molecule has 0 atom stereocenters. The Morgan fingerprint density at radius 1 is 1.30 bits per heavy atom. The van der Waals surface area contributed by atoms with E-state index in [9.17, 15) is 9.59 Å².